The van der Waals surface area contributed by atoms with Gasteiger partial charge in [0.25, 0.3) is 6.23 Å². The summed E-state index contributed by atoms with van der Waals surface area (Å²) in [5.41, 5.74) is 14.8. The first kappa shape index (κ1) is 32.2. The minimum absolute atomic E-state index is 0.00323. The number of imidazole rings is 1. The maximum Gasteiger partial charge on any atom is 0.470 e. The molecule has 0 radical (unpaired) electrons. The fourth-order valence-corrected chi connectivity index (χ4v) is 7.11. The molecule has 0 bridgehead atoms. The second kappa shape index (κ2) is 12.0. The summed E-state index contributed by atoms with van der Waals surface area (Å²) in [5, 5.41) is 43.0. The van der Waals surface area contributed by atoms with Crippen LogP contribution in [0.5, 0.6) is 0 Å². The maximum atomic E-state index is 13.7. The van der Waals surface area contributed by atoms with Gasteiger partial charge in [0.2, 0.25) is 5.34 Å². The Labute approximate surface area is 245 Å². The predicted molar refractivity (Wildman–Crippen MR) is 140 cm³/mol. The molecule has 9 N–H and O–H groups in total. The van der Waals surface area contributed by atoms with Crippen molar-refractivity contribution in [2.45, 2.75) is 48.3 Å². The quantitative estimate of drug-likeness (QED) is 0.0391. The number of azide groups is 1. The van der Waals surface area contributed by atoms with Gasteiger partial charge in [0.05, 0.1) is 19.5 Å². The van der Waals surface area contributed by atoms with Gasteiger partial charge in [-0.3, -0.25) is 18.4 Å². The summed E-state index contributed by atoms with van der Waals surface area (Å²) >= 11 is 0. The normalized spacial score (nSPS) is 32.0. The summed E-state index contributed by atoms with van der Waals surface area (Å²) < 4.78 is 48.8. The molecule has 22 nitrogen and oxygen atoms in total. The number of phosphoric acid groups is 1. The molecule has 0 saturated carbocycles. The van der Waals surface area contributed by atoms with E-state index in [9.17, 15) is 44.2 Å². The van der Waals surface area contributed by atoms with Gasteiger partial charge in [-0.1, -0.05) is 5.11 Å². The van der Waals surface area contributed by atoms with Gasteiger partial charge in [-0.05, 0) is 11.6 Å². The van der Waals surface area contributed by atoms with Crippen molar-refractivity contribution < 1.29 is 67.3 Å². The Morgan fingerprint density at radius 1 is 1.18 bits per heavy atom. The molecule has 44 heavy (non-hydrogen) atoms. The molecule has 24 heteroatoms. The lowest BCUT2D eigenvalue weighted by Crippen LogP contribution is -2.48. The fourth-order valence-electron chi connectivity index (χ4n) is 4.92. The minimum atomic E-state index is -5.51. The van der Waals surface area contributed by atoms with Crippen LogP contribution >= 0.6 is 15.4 Å². The summed E-state index contributed by atoms with van der Waals surface area (Å²) in [6.07, 6.45) is -7.66. The summed E-state index contributed by atoms with van der Waals surface area (Å²) in [6, 6.07) is 2.71. The largest absolute Gasteiger partial charge is 0.470 e. The number of nitrogen functional groups attached to an aromatic ring is 1. The van der Waals surface area contributed by atoms with E-state index in [0.717, 1.165) is 17.1 Å². The molecule has 3 aromatic rings. The highest BCUT2D eigenvalue weighted by atomic mass is 31.2. The number of nitrogens with two attached hydrogens (primary N) is 1. The predicted octanol–water partition coefficient (Wildman–Crippen LogP) is -1.78. The molecule has 0 aromatic carbocycles. The number of hydrogen-bond acceptors (Lipinski definition) is 15. The number of pyridine rings is 1. The zero-order chi connectivity index (χ0) is 32.0. The molecular weight excluding hydrogens is 636 g/mol. The van der Waals surface area contributed by atoms with Crippen molar-refractivity contribution in [3.63, 3.8) is 0 Å². The van der Waals surface area contributed by atoms with Crippen molar-refractivity contribution in [3.05, 3.63) is 47.6 Å². The SMILES string of the molecule is [N-]=[N+]=Nc1ccc[n+]([C@@H]2O[C@](CO)(P(=O)(O)OC[C@H]3O[C@@H](n4cnc5c(N)ncnc54)[C@H](O)[C@@H]3O)[C@@H](OP(=O)(O)O)[C@H]2O)c1. The molecule has 3 aromatic heterocycles. The van der Waals surface area contributed by atoms with E-state index in [1.54, 1.807) is 0 Å². The molecule has 0 spiro atoms. The van der Waals surface area contributed by atoms with Crippen LogP contribution in [0.1, 0.15) is 12.5 Å². The van der Waals surface area contributed by atoms with Gasteiger partial charge in [-0.15, -0.1) is 0 Å². The topological polar surface area (TPSA) is 335 Å². The molecule has 1 unspecified atom stereocenters. The number of hydrogen-bond donors (Lipinski definition) is 8. The number of anilines is 1. The molecule has 2 aliphatic heterocycles. The van der Waals surface area contributed by atoms with E-state index in [0.29, 0.717) is 0 Å². The third kappa shape index (κ3) is 5.69. The Bertz CT molecular complexity index is 1690. The van der Waals surface area contributed by atoms with Crippen molar-refractivity contribution >= 4 is 38.1 Å². The first-order valence-electron chi connectivity index (χ1n) is 12.4. The number of nitrogens with zero attached hydrogens (tertiary/aromatic N) is 8. The third-order valence-corrected chi connectivity index (χ3v) is 9.46. The monoisotopic (exact) mass is 662 g/mol. The highest BCUT2D eigenvalue weighted by Crippen LogP contribution is 2.64. The molecule has 0 aliphatic carbocycles. The Hall–Kier alpha value is -3.17. The molecule has 9 atom stereocenters. The fraction of sp³-hybridized carbons (Fsp3) is 0.500. The lowest BCUT2D eigenvalue weighted by atomic mass is 10.1. The van der Waals surface area contributed by atoms with E-state index in [4.69, 9.17) is 25.3 Å². The van der Waals surface area contributed by atoms with Gasteiger partial charge in [-0.2, -0.15) is 4.57 Å². The third-order valence-electron chi connectivity index (χ3n) is 7.00. The molecule has 5 rings (SSSR count). The van der Waals surface area contributed by atoms with E-state index in [1.807, 2.05) is 0 Å². The van der Waals surface area contributed by atoms with Gasteiger partial charge in [0.15, 0.2) is 36.2 Å². The van der Waals surface area contributed by atoms with E-state index < -0.39 is 76.9 Å². The molecule has 0 amide bonds. The van der Waals surface area contributed by atoms with Gasteiger partial charge < -0.3 is 50.1 Å². The second-order valence-corrected chi connectivity index (χ2v) is 12.9. The van der Waals surface area contributed by atoms with Crippen LogP contribution in [0.25, 0.3) is 21.6 Å². The summed E-state index contributed by atoms with van der Waals surface area (Å²) in [6.45, 7) is -2.42. The summed E-state index contributed by atoms with van der Waals surface area (Å²) in [4.78, 5) is 44.6. The van der Waals surface area contributed by atoms with Crippen LogP contribution < -0.4 is 10.3 Å². The van der Waals surface area contributed by atoms with Crippen molar-refractivity contribution in [2.75, 3.05) is 18.9 Å². The van der Waals surface area contributed by atoms with Crippen LogP contribution in [0.3, 0.4) is 0 Å². The summed E-state index contributed by atoms with van der Waals surface area (Å²) in [5.74, 6) is 0.0315. The van der Waals surface area contributed by atoms with Crippen molar-refractivity contribution in [3.8, 4) is 0 Å². The molecule has 2 aliphatic rings. The molecule has 2 fully saturated rings. The lowest BCUT2D eigenvalue weighted by molar-refractivity contribution is -0.766. The number of aliphatic hydroxyl groups excluding tert-OH is 4. The Kier molecular flexibility index (Phi) is 8.77. The van der Waals surface area contributed by atoms with Crippen LogP contribution in [0.15, 0.2) is 42.3 Å². The maximum absolute atomic E-state index is 13.7. The minimum Gasteiger partial charge on any atom is -0.393 e. The van der Waals surface area contributed by atoms with Crippen LogP contribution in [0.4, 0.5) is 11.5 Å². The smallest absolute Gasteiger partial charge is 0.393 e. The molecular formula is C20H26N9O13P2+. The number of aliphatic hydroxyl groups is 4. The molecule has 2 saturated heterocycles. The molecule has 5 heterocycles. The summed E-state index contributed by atoms with van der Waals surface area (Å²) in [7, 11) is -11.0. The number of aromatic nitrogens is 5. The standard InChI is InChI=1S/C20H25N9O13P2/c21-16-11-17(24-7-23-16)29(8-25-11)19-13(32)12(31)10(40-19)5-39-43(34,35)20(6-30)15(42-44(36,37)38)14(33)18(41-20)28-3-1-2-9(4-28)26-27-22/h1-4,7-8,10,12-15,18-19,30-33H,5-6H2,(H4-,21,23,24,34,35,36,37,38)/p+1/t10-,12-,13-,14-,15+,18-,19-,20-/m1/s1. The van der Waals surface area contributed by atoms with Gasteiger partial charge >= 0.3 is 15.4 Å². The Morgan fingerprint density at radius 3 is 2.61 bits per heavy atom. The number of rotatable bonds is 10. The number of phosphoric ester groups is 1. The van der Waals surface area contributed by atoms with Gasteiger partial charge in [0.1, 0.15) is 41.9 Å². The average molecular weight is 662 g/mol. The van der Waals surface area contributed by atoms with Crippen LogP contribution in [0, 0.1) is 0 Å². The van der Waals surface area contributed by atoms with Crippen LogP contribution in [-0.4, -0.2) is 104 Å². The highest BCUT2D eigenvalue weighted by Gasteiger charge is 2.70. The van der Waals surface area contributed by atoms with Gasteiger partial charge in [0, 0.05) is 11.0 Å². The highest BCUT2D eigenvalue weighted by molar-refractivity contribution is 7.54. The van der Waals surface area contributed by atoms with E-state index >= 15 is 0 Å². The second-order valence-electron chi connectivity index (χ2n) is 9.66. The van der Waals surface area contributed by atoms with E-state index in [2.05, 4.69) is 29.5 Å². The first-order chi connectivity index (χ1) is 20.7. The Balaban J connectivity index is 1.42. The lowest BCUT2D eigenvalue weighted by Gasteiger charge is -2.34. The van der Waals surface area contributed by atoms with Crippen LogP contribution in [-0.2, 0) is 27.7 Å². The average Bonchev–Trinajstić information content (AvgIpc) is 3.61. The number of ether oxygens (including phenoxy) is 2. The zero-order valence-electron chi connectivity index (χ0n) is 22.0. The Morgan fingerprint density at radius 2 is 1.93 bits per heavy atom. The van der Waals surface area contributed by atoms with Crippen molar-refractivity contribution in [1.29, 1.82) is 0 Å². The van der Waals surface area contributed by atoms with E-state index in [-0.39, 0.29) is 22.7 Å². The van der Waals surface area contributed by atoms with E-state index in [1.165, 1.54) is 29.2 Å². The number of fused-ring (bicyclic) bond motifs is 1. The van der Waals surface area contributed by atoms with Gasteiger partial charge in [-0.25, -0.2) is 19.5 Å². The molecule has 238 valence electrons. The zero-order valence-corrected chi connectivity index (χ0v) is 23.8. The van der Waals surface area contributed by atoms with Crippen molar-refractivity contribution in [2.24, 2.45) is 5.11 Å². The van der Waals surface area contributed by atoms with Crippen LogP contribution in [0.2, 0.25) is 0 Å². The van der Waals surface area contributed by atoms with Crippen molar-refractivity contribution in [1.82, 2.24) is 19.5 Å². The first-order valence-corrected chi connectivity index (χ1v) is 15.5.